The number of amides is 1. The number of carbonyl (C=O) groups excluding carboxylic acids is 1. The van der Waals surface area contributed by atoms with Gasteiger partial charge in [-0.1, -0.05) is 19.9 Å². The van der Waals surface area contributed by atoms with Gasteiger partial charge in [-0.3, -0.25) is 4.79 Å². The average Bonchev–Trinajstić information content (AvgIpc) is 2.38. The van der Waals surface area contributed by atoms with Gasteiger partial charge in [0.15, 0.2) is 0 Å². The van der Waals surface area contributed by atoms with Crippen molar-refractivity contribution in [1.29, 1.82) is 0 Å². The van der Waals surface area contributed by atoms with Crippen molar-refractivity contribution in [3.63, 3.8) is 0 Å². The van der Waals surface area contributed by atoms with E-state index in [1.54, 1.807) is 19.2 Å². The fraction of sp³-hybridized carbons (Fsp3) is 0.500. The van der Waals surface area contributed by atoms with E-state index >= 15 is 0 Å². The van der Waals surface area contributed by atoms with E-state index in [4.69, 9.17) is 15.2 Å². The number of anilines is 1. The van der Waals surface area contributed by atoms with Gasteiger partial charge in [-0.25, -0.2) is 0 Å². The summed E-state index contributed by atoms with van der Waals surface area (Å²) < 4.78 is 10.4. The van der Waals surface area contributed by atoms with Gasteiger partial charge < -0.3 is 20.5 Å². The molecule has 0 aliphatic carbocycles. The van der Waals surface area contributed by atoms with Crippen molar-refractivity contribution in [3.05, 3.63) is 24.3 Å². The van der Waals surface area contributed by atoms with Crippen LogP contribution in [0.3, 0.4) is 0 Å². The van der Waals surface area contributed by atoms with E-state index in [1.165, 1.54) is 0 Å². The van der Waals surface area contributed by atoms with Crippen LogP contribution in [0.1, 0.15) is 13.8 Å². The van der Waals surface area contributed by atoms with E-state index < -0.39 is 6.04 Å². The van der Waals surface area contributed by atoms with E-state index in [2.05, 4.69) is 5.32 Å². The molecule has 0 heterocycles. The predicted octanol–water partition coefficient (Wildman–Crippen LogP) is 2.06. The molecule has 0 radical (unpaired) electrons. The molecule has 0 saturated carbocycles. The summed E-state index contributed by atoms with van der Waals surface area (Å²) in [6.07, 6.45) is 0. The fourth-order valence-electron chi connectivity index (χ4n) is 1.43. The smallest absolute Gasteiger partial charge is 0.241 e. The summed E-state index contributed by atoms with van der Waals surface area (Å²) in [5, 5.41) is 2.78. The maximum atomic E-state index is 11.8. The van der Waals surface area contributed by atoms with Crippen LogP contribution in [0.2, 0.25) is 0 Å². The van der Waals surface area contributed by atoms with E-state index in [-0.39, 0.29) is 24.2 Å². The summed E-state index contributed by atoms with van der Waals surface area (Å²) in [7, 11) is 1.62. The number of halogens is 1. The van der Waals surface area contributed by atoms with Crippen molar-refractivity contribution >= 4 is 24.0 Å². The second-order valence-corrected chi connectivity index (χ2v) is 4.63. The average molecular weight is 303 g/mol. The van der Waals surface area contributed by atoms with Crippen LogP contribution < -0.4 is 15.8 Å². The van der Waals surface area contributed by atoms with Gasteiger partial charge in [-0.15, -0.1) is 12.4 Å². The second-order valence-electron chi connectivity index (χ2n) is 4.63. The molecule has 0 aliphatic heterocycles. The molecule has 5 nitrogen and oxygen atoms in total. The third kappa shape index (κ3) is 6.23. The molecule has 0 saturated heterocycles. The Labute approximate surface area is 126 Å². The van der Waals surface area contributed by atoms with Gasteiger partial charge in [0.25, 0.3) is 0 Å². The Morgan fingerprint density at radius 1 is 1.35 bits per heavy atom. The summed E-state index contributed by atoms with van der Waals surface area (Å²) in [6.45, 7) is 4.82. The quantitative estimate of drug-likeness (QED) is 0.756. The molecule has 3 N–H and O–H groups in total. The van der Waals surface area contributed by atoms with Gasteiger partial charge in [0, 0.05) is 18.9 Å². The fourth-order valence-corrected chi connectivity index (χ4v) is 1.43. The number of ether oxygens (including phenoxy) is 2. The lowest BCUT2D eigenvalue weighted by Crippen LogP contribution is -2.39. The van der Waals surface area contributed by atoms with Gasteiger partial charge in [-0.05, 0) is 18.1 Å². The molecule has 0 bridgehead atoms. The molecule has 1 rings (SSSR count). The molecule has 6 heteroatoms. The van der Waals surface area contributed by atoms with Crippen LogP contribution in [-0.2, 0) is 9.53 Å². The van der Waals surface area contributed by atoms with Crippen LogP contribution in [0.15, 0.2) is 24.3 Å². The Bertz CT molecular complexity index is 413. The van der Waals surface area contributed by atoms with Crippen LogP contribution in [0.25, 0.3) is 0 Å². The zero-order valence-electron chi connectivity index (χ0n) is 12.1. The number of rotatable bonds is 7. The summed E-state index contributed by atoms with van der Waals surface area (Å²) in [4.78, 5) is 11.8. The Kier molecular flexibility index (Phi) is 8.96. The first-order valence-corrected chi connectivity index (χ1v) is 6.33. The highest BCUT2D eigenvalue weighted by Crippen LogP contribution is 2.17. The van der Waals surface area contributed by atoms with Crippen LogP contribution in [0.4, 0.5) is 5.69 Å². The Hall–Kier alpha value is -1.30. The lowest BCUT2D eigenvalue weighted by Gasteiger charge is -2.15. The van der Waals surface area contributed by atoms with Gasteiger partial charge in [0.1, 0.15) is 12.4 Å². The Morgan fingerprint density at radius 2 is 2.05 bits per heavy atom. The van der Waals surface area contributed by atoms with Crippen molar-refractivity contribution < 1.29 is 14.3 Å². The summed E-state index contributed by atoms with van der Waals surface area (Å²) in [6, 6.07) is 6.69. The molecule has 1 unspecified atom stereocenters. The molecule has 0 aromatic heterocycles. The zero-order chi connectivity index (χ0) is 14.3. The molecule has 0 spiro atoms. The number of hydrogen-bond acceptors (Lipinski definition) is 4. The molecule has 0 aliphatic rings. The number of nitrogens with two attached hydrogens (primary N) is 1. The van der Waals surface area contributed by atoms with Gasteiger partial charge in [-0.2, -0.15) is 0 Å². The highest BCUT2D eigenvalue weighted by Gasteiger charge is 2.17. The van der Waals surface area contributed by atoms with E-state index in [1.807, 2.05) is 26.0 Å². The van der Waals surface area contributed by atoms with Crippen LogP contribution in [0, 0.1) is 5.92 Å². The number of nitrogens with one attached hydrogen (secondary N) is 1. The molecule has 1 aromatic rings. The molecule has 1 aromatic carbocycles. The Morgan fingerprint density at radius 3 is 2.65 bits per heavy atom. The van der Waals surface area contributed by atoms with E-state index in [0.29, 0.717) is 24.7 Å². The standard InChI is InChI=1S/C14H22N2O3.ClH/c1-10(2)13(15)14(17)16-11-5-4-6-12(9-11)19-8-7-18-3;/h4-6,9-10,13H,7-8,15H2,1-3H3,(H,16,17);1H. The molecule has 0 fully saturated rings. The van der Waals surface area contributed by atoms with Crippen LogP contribution >= 0.6 is 12.4 Å². The van der Waals surface area contributed by atoms with Crippen molar-refractivity contribution in [2.24, 2.45) is 11.7 Å². The van der Waals surface area contributed by atoms with Crippen molar-refractivity contribution in [2.75, 3.05) is 25.6 Å². The van der Waals surface area contributed by atoms with Crippen molar-refractivity contribution in [2.45, 2.75) is 19.9 Å². The monoisotopic (exact) mass is 302 g/mol. The first-order valence-electron chi connectivity index (χ1n) is 6.33. The summed E-state index contributed by atoms with van der Waals surface area (Å²) >= 11 is 0. The Balaban J connectivity index is 0.00000361. The number of carbonyl (C=O) groups is 1. The van der Waals surface area contributed by atoms with Gasteiger partial charge >= 0.3 is 0 Å². The zero-order valence-corrected chi connectivity index (χ0v) is 12.9. The molecule has 114 valence electrons. The summed E-state index contributed by atoms with van der Waals surface area (Å²) in [5.74, 6) is 0.596. The minimum atomic E-state index is -0.516. The molecule has 1 atom stereocenters. The second kappa shape index (κ2) is 9.58. The van der Waals surface area contributed by atoms with Crippen LogP contribution in [-0.4, -0.2) is 32.3 Å². The maximum Gasteiger partial charge on any atom is 0.241 e. The predicted molar refractivity (Wildman–Crippen MR) is 82.5 cm³/mol. The first kappa shape index (κ1) is 18.7. The minimum absolute atomic E-state index is 0. The third-order valence-corrected chi connectivity index (χ3v) is 2.68. The van der Waals surface area contributed by atoms with Gasteiger partial charge in [0.05, 0.1) is 12.6 Å². The van der Waals surface area contributed by atoms with E-state index in [0.717, 1.165) is 0 Å². The number of benzene rings is 1. The summed E-state index contributed by atoms with van der Waals surface area (Å²) in [5.41, 5.74) is 6.46. The topological polar surface area (TPSA) is 73.6 Å². The third-order valence-electron chi connectivity index (χ3n) is 2.68. The van der Waals surface area contributed by atoms with Crippen molar-refractivity contribution in [1.82, 2.24) is 0 Å². The normalized spacial score (nSPS) is 11.7. The highest BCUT2D eigenvalue weighted by atomic mass is 35.5. The highest BCUT2D eigenvalue weighted by molar-refractivity contribution is 5.94. The minimum Gasteiger partial charge on any atom is -0.491 e. The lowest BCUT2D eigenvalue weighted by molar-refractivity contribution is -0.118. The first-order chi connectivity index (χ1) is 9.04. The number of hydrogen-bond donors (Lipinski definition) is 2. The van der Waals surface area contributed by atoms with E-state index in [9.17, 15) is 4.79 Å². The maximum absolute atomic E-state index is 11.8. The van der Waals surface area contributed by atoms with Crippen LogP contribution in [0.5, 0.6) is 5.75 Å². The van der Waals surface area contributed by atoms with Gasteiger partial charge in [0.2, 0.25) is 5.91 Å². The lowest BCUT2D eigenvalue weighted by atomic mass is 10.0. The molecule has 1 amide bonds. The largest absolute Gasteiger partial charge is 0.491 e. The van der Waals surface area contributed by atoms with Crippen molar-refractivity contribution in [3.8, 4) is 5.75 Å². The SMILES string of the molecule is COCCOc1cccc(NC(=O)C(N)C(C)C)c1.Cl. The number of methoxy groups -OCH3 is 1. The molecular formula is C14H23ClN2O3. The molecule has 20 heavy (non-hydrogen) atoms. The molecular weight excluding hydrogens is 280 g/mol.